The molecule has 1 aliphatic heterocycles. The summed E-state index contributed by atoms with van der Waals surface area (Å²) in [6.45, 7) is 4.66. The number of amides is 2. The molecule has 0 spiro atoms. The van der Waals surface area contributed by atoms with Gasteiger partial charge in [-0.1, -0.05) is 6.07 Å². The van der Waals surface area contributed by atoms with Gasteiger partial charge in [-0.05, 0) is 44.2 Å². The molecule has 0 saturated heterocycles. The van der Waals surface area contributed by atoms with E-state index in [9.17, 15) is 14.4 Å². The molecule has 1 aliphatic rings. The quantitative estimate of drug-likeness (QED) is 0.574. The van der Waals surface area contributed by atoms with E-state index in [1.54, 1.807) is 50.2 Å². The summed E-state index contributed by atoms with van der Waals surface area (Å²) in [6, 6.07) is 11.6. The van der Waals surface area contributed by atoms with Gasteiger partial charge in [0.15, 0.2) is 17.6 Å². The molecule has 2 aromatic rings. The number of ether oxygens (including phenoxy) is 4. The summed E-state index contributed by atoms with van der Waals surface area (Å²) in [5.41, 5.74) is 0.942. The minimum absolute atomic E-state index is 0.0935. The Balaban J connectivity index is 1.46. The highest BCUT2D eigenvalue weighted by Gasteiger charge is 2.17. The van der Waals surface area contributed by atoms with Gasteiger partial charge in [0.2, 0.25) is 5.91 Å². The fraction of sp³-hybridized carbons (Fsp3) is 0.348. The molecule has 2 amide bonds. The summed E-state index contributed by atoms with van der Waals surface area (Å²) in [5.74, 6) is 0.515. The number of carbonyl (C=O) groups excluding carboxylic acids is 3. The monoisotopic (exact) mass is 442 g/mol. The van der Waals surface area contributed by atoms with Crippen molar-refractivity contribution in [2.24, 2.45) is 0 Å². The molecule has 0 aromatic heterocycles. The van der Waals surface area contributed by atoms with Crippen LogP contribution < -0.4 is 24.8 Å². The van der Waals surface area contributed by atoms with Crippen LogP contribution in [0.5, 0.6) is 17.2 Å². The van der Waals surface area contributed by atoms with Crippen LogP contribution in [0, 0.1) is 0 Å². The van der Waals surface area contributed by atoms with Crippen molar-refractivity contribution < 1.29 is 33.3 Å². The second-order valence-electron chi connectivity index (χ2n) is 6.95. The first-order valence-electron chi connectivity index (χ1n) is 10.4. The van der Waals surface area contributed by atoms with Crippen molar-refractivity contribution in [3.8, 4) is 17.2 Å². The van der Waals surface area contributed by atoms with Gasteiger partial charge in [-0.15, -0.1) is 0 Å². The van der Waals surface area contributed by atoms with Crippen LogP contribution in [-0.4, -0.2) is 50.3 Å². The Kier molecular flexibility index (Phi) is 7.91. The van der Waals surface area contributed by atoms with Crippen LogP contribution in [-0.2, 0) is 14.3 Å². The standard InChI is InChI=1S/C23H26N2O7/c1-3-29-23(28)15(2)32-18-6-4-5-16(13-18)22(27)24-10-9-21(26)25-17-7-8-19-20(14-17)31-12-11-30-19/h4-8,13-15H,3,9-12H2,1-2H3,(H,24,27)(H,25,26). The number of anilines is 1. The molecular weight excluding hydrogens is 416 g/mol. The number of hydrogen-bond acceptors (Lipinski definition) is 7. The van der Waals surface area contributed by atoms with E-state index < -0.39 is 12.1 Å². The number of carbonyl (C=O) groups is 3. The van der Waals surface area contributed by atoms with Crippen LogP contribution in [0.1, 0.15) is 30.6 Å². The topological polar surface area (TPSA) is 112 Å². The van der Waals surface area contributed by atoms with Gasteiger partial charge in [-0.25, -0.2) is 4.79 Å². The van der Waals surface area contributed by atoms with Gasteiger partial charge < -0.3 is 29.6 Å². The van der Waals surface area contributed by atoms with Crippen molar-refractivity contribution in [2.45, 2.75) is 26.4 Å². The largest absolute Gasteiger partial charge is 0.486 e. The lowest BCUT2D eigenvalue weighted by molar-refractivity contribution is -0.150. The Labute approximate surface area is 186 Å². The SMILES string of the molecule is CCOC(=O)C(C)Oc1cccc(C(=O)NCCC(=O)Nc2ccc3c(c2)OCCO3)c1. The molecule has 0 radical (unpaired) electrons. The normalized spacial score (nSPS) is 12.9. The van der Waals surface area contributed by atoms with Crippen LogP contribution >= 0.6 is 0 Å². The highest BCUT2D eigenvalue weighted by molar-refractivity contribution is 5.95. The summed E-state index contributed by atoms with van der Waals surface area (Å²) < 4.78 is 21.4. The van der Waals surface area contributed by atoms with Crippen LogP contribution in [0.25, 0.3) is 0 Å². The van der Waals surface area contributed by atoms with Gasteiger partial charge in [0.05, 0.1) is 6.61 Å². The lowest BCUT2D eigenvalue weighted by Gasteiger charge is -2.19. The van der Waals surface area contributed by atoms with Crippen molar-refractivity contribution in [3.05, 3.63) is 48.0 Å². The summed E-state index contributed by atoms with van der Waals surface area (Å²) >= 11 is 0. The molecule has 0 saturated carbocycles. The first kappa shape index (κ1) is 22.9. The number of esters is 1. The van der Waals surface area contributed by atoms with E-state index in [0.29, 0.717) is 41.7 Å². The van der Waals surface area contributed by atoms with Gasteiger partial charge in [-0.3, -0.25) is 9.59 Å². The van der Waals surface area contributed by atoms with Crippen LogP contribution in [0.15, 0.2) is 42.5 Å². The third-order valence-electron chi connectivity index (χ3n) is 4.49. The van der Waals surface area contributed by atoms with Crippen molar-refractivity contribution in [3.63, 3.8) is 0 Å². The molecule has 0 aliphatic carbocycles. The van der Waals surface area contributed by atoms with E-state index in [0.717, 1.165) is 0 Å². The minimum Gasteiger partial charge on any atom is -0.486 e. The maximum absolute atomic E-state index is 12.4. The first-order valence-corrected chi connectivity index (χ1v) is 10.4. The lowest BCUT2D eigenvalue weighted by atomic mass is 10.2. The highest BCUT2D eigenvalue weighted by Crippen LogP contribution is 2.32. The molecule has 0 bridgehead atoms. The number of nitrogens with one attached hydrogen (secondary N) is 2. The van der Waals surface area contributed by atoms with Gasteiger partial charge in [0.25, 0.3) is 5.91 Å². The van der Waals surface area contributed by atoms with Gasteiger partial charge >= 0.3 is 5.97 Å². The third kappa shape index (κ3) is 6.37. The first-order chi connectivity index (χ1) is 15.5. The molecule has 1 unspecified atom stereocenters. The summed E-state index contributed by atoms with van der Waals surface area (Å²) in [6.07, 6.45) is -0.700. The van der Waals surface area contributed by atoms with E-state index in [2.05, 4.69) is 10.6 Å². The van der Waals surface area contributed by atoms with Crippen LogP contribution in [0.2, 0.25) is 0 Å². The number of benzene rings is 2. The maximum Gasteiger partial charge on any atom is 0.347 e. The lowest BCUT2D eigenvalue weighted by Crippen LogP contribution is -2.28. The molecule has 32 heavy (non-hydrogen) atoms. The summed E-state index contributed by atoms with van der Waals surface area (Å²) in [4.78, 5) is 36.3. The smallest absolute Gasteiger partial charge is 0.347 e. The summed E-state index contributed by atoms with van der Waals surface area (Å²) in [7, 11) is 0. The van der Waals surface area contributed by atoms with Gasteiger partial charge in [-0.2, -0.15) is 0 Å². The Morgan fingerprint density at radius 3 is 2.62 bits per heavy atom. The molecule has 2 aromatic carbocycles. The van der Waals surface area contributed by atoms with Crippen LogP contribution in [0.4, 0.5) is 5.69 Å². The molecular formula is C23H26N2O7. The zero-order valence-electron chi connectivity index (χ0n) is 18.0. The van der Waals surface area contributed by atoms with E-state index in [4.69, 9.17) is 18.9 Å². The number of rotatable bonds is 9. The average Bonchev–Trinajstić information content (AvgIpc) is 2.79. The molecule has 0 fully saturated rings. The number of hydrogen-bond donors (Lipinski definition) is 2. The zero-order valence-corrected chi connectivity index (χ0v) is 18.0. The Morgan fingerprint density at radius 2 is 1.84 bits per heavy atom. The van der Waals surface area contributed by atoms with E-state index >= 15 is 0 Å². The Morgan fingerprint density at radius 1 is 1.06 bits per heavy atom. The molecule has 1 atom stereocenters. The molecule has 1 heterocycles. The van der Waals surface area contributed by atoms with Crippen molar-refractivity contribution in [1.29, 1.82) is 0 Å². The Bertz CT molecular complexity index is 977. The fourth-order valence-electron chi connectivity index (χ4n) is 2.96. The Hall–Kier alpha value is -3.75. The molecule has 2 N–H and O–H groups in total. The highest BCUT2D eigenvalue weighted by atomic mass is 16.6. The van der Waals surface area contributed by atoms with Crippen LogP contribution in [0.3, 0.4) is 0 Å². The second kappa shape index (κ2) is 11.0. The van der Waals surface area contributed by atoms with E-state index in [1.165, 1.54) is 6.07 Å². The van der Waals surface area contributed by atoms with Gasteiger partial charge in [0, 0.05) is 30.3 Å². The zero-order chi connectivity index (χ0) is 22.9. The third-order valence-corrected chi connectivity index (χ3v) is 4.49. The van der Waals surface area contributed by atoms with E-state index in [1.807, 2.05) is 0 Å². The van der Waals surface area contributed by atoms with Gasteiger partial charge in [0.1, 0.15) is 19.0 Å². The predicted molar refractivity (Wildman–Crippen MR) is 116 cm³/mol. The average molecular weight is 442 g/mol. The molecule has 9 nitrogen and oxygen atoms in total. The molecule has 170 valence electrons. The van der Waals surface area contributed by atoms with Crippen molar-refractivity contribution >= 4 is 23.5 Å². The predicted octanol–water partition coefficient (Wildman–Crippen LogP) is 2.55. The molecule has 9 heteroatoms. The minimum atomic E-state index is -0.794. The summed E-state index contributed by atoms with van der Waals surface area (Å²) in [5, 5.41) is 5.47. The second-order valence-corrected chi connectivity index (χ2v) is 6.95. The molecule has 3 rings (SSSR count). The number of fused-ring (bicyclic) bond motifs is 1. The van der Waals surface area contributed by atoms with Crippen molar-refractivity contribution in [1.82, 2.24) is 5.32 Å². The van der Waals surface area contributed by atoms with Crippen molar-refractivity contribution in [2.75, 3.05) is 31.7 Å². The van der Waals surface area contributed by atoms with E-state index in [-0.39, 0.29) is 31.4 Å². The fourth-order valence-corrected chi connectivity index (χ4v) is 2.96. The maximum atomic E-state index is 12.4.